The third kappa shape index (κ3) is 37.2. The fourth-order valence-electron chi connectivity index (χ4n) is 2.87. The Kier molecular flexibility index (Phi) is 37.8. The van der Waals surface area contributed by atoms with Gasteiger partial charge in [-0.1, -0.05) is 25.7 Å². The molecule has 22 N–H and O–H groups in total. The van der Waals surface area contributed by atoms with E-state index < -0.39 is 60.1 Å². The Hall–Kier alpha value is -3.01. The van der Waals surface area contributed by atoms with E-state index in [1.165, 1.54) is 0 Å². The average molecular weight is 672 g/mol. The number of nitrogens with two attached hydrogens (primary N) is 9. The molecule has 0 aliphatic rings. The first-order valence-corrected chi connectivity index (χ1v) is 15.2. The molecule has 46 heavy (non-hydrogen) atoms. The first-order chi connectivity index (χ1) is 21.5. The van der Waals surface area contributed by atoms with Crippen LogP contribution < -0.4 is 51.6 Å². The monoisotopic (exact) mass is 671 g/mol. The summed E-state index contributed by atoms with van der Waals surface area (Å²) in [5, 5.41) is 33.4. The van der Waals surface area contributed by atoms with Crippen LogP contribution in [0.25, 0.3) is 0 Å². The van der Waals surface area contributed by atoms with Crippen molar-refractivity contribution in [2.24, 2.45) is 51.6 Å². The van der Waals surface area contributed by atoms with Crippen LogP contribution in [0.2, 0.25) is 0 Å². The zero-order chi connectivity index (χ0) is 36.5. The first-order valence-electron chi connectivity index (χ1n) is 15.2. The summed E-state index contributed by atoms with van der Waals surface area (Å²) in [4.78, 5) is 52.0. The first kappa shape index (κ1) is 49.9. The molecule has 0 saturated carbocycles. The molecule has 0 rings (SSSR count). The number of rotatable bonds is 23. The Morgan fingerprint density at radius 1 is 0.413 bits per heavy atom. The van der Waals surface area contributed by atoms with Crippen molar-refractivity contribution >= 4 is 29.8 Å². The number of unbranched alkanes of at least 4 members (excludes halogenated alkanes) is 4. The van der Waals surface area contributed by atoms with Crippen LogP contribution in [0.3, 0.4) is 0 Å². The quantitative estimate of drug-likeness (QED) is 0.0379. The van der Waals surface area contributed by atoms with Crippen LogP contribution in [0.4, 0.5) is 0 Å². The van der Waals surface area contributed by atoms with Crippen LogP contribution in [0.5, 0.6) is 0 Å². The largest absolute Gasteiger partial charge is 0.480 e. The molecule has 0 amide bonds. The number of ether oxygens (including phenoxy) is 1. The van der Waals surface area contributed by atoms with Crippen molar-refractivity contribution in [1.82, 2.24) is 0 Å². The lowest BCUT2D eigenvalue weighted by atomic mass is 10.1. The van der Waals surface area contributed by atoms with Gasteiger partial charge in [-0.25, -0.2) is 0 Å². The van der Waals surface area contributed by atoms with Gasteiger partial charge in [0.2, 0.25) is 0 Å². The lowest BCUT2D eigenvalue weighted by Gasteiger charge is -2.12. The van der Waals surface area contributed by atoms with Crippen molar-refractivity contribution in [1.29, 1.82) is 0 Å². The molecule has 5 atom stereocenters. The Balaban J connectivity index is -0.000000262. The van der Waals surface area contributed by atoms with Crippen molar-refractivity contribution in [3.05, 3.63) is 0 Å². The normalized spacial score (nSPS) is 13.4. The Morgan fingerprint density at radius 3 is 0.870 bits per heavy atom. The fraction of sp³-hybridized carbons (Fsp3) is 0.815. The van der Waals surface area contributed by atoms with E-state index >= 15 is 0 Å². The number of esters is 1. The number of hydrogen-bond donors (Lipinski definition) is 13. The number of hydrogen-bond acceptors (Lipinski definition) is 15. The van der Waals surface area contributed by atoms with E-state index in [4.69, 9.17) is 72.0 Å². The maximum atomic E-state index is 11.2. The van der Waals surface area contributed by atoms with E-state index in [9.17, 15) is 24.0 Å². The van der Waals surface area contributed by atoms with E-state index in [1.54, 1.807) is 0 Å². The van der Waals surface area contributed by atoms with Gasteiger partial charge in [0, 0.05) is 0 Å². The number of carboxylic acids is 4. The van der Waals surface area contributed by atoms with Gasteiger partial charge in [-0.2, -0.15) is 0 Å². The second-order valence-electron chi connectivity index (χ2n) is 10.2. The van der Waals surface area contributed by atoms with Gasteiger partial charge in [-0.05, 0) is 77.5 Å². The molecule has 0 spiro atoms. The second kappa shape index (κ2) is 34.9. The van der Waals surface area contributed by atoms with Crippen molar-refractivity contribution in [2.75, 3.05) is 32.8 Å². The molecule has 0 aromatic rings. The predicted octanol–water partition coefficient (Wildman–Crippen LogP) is -3.02. The average Bonchev–Trinajstić information content (AvgIpc) is 3.00. The van der Waals surface area contributed by atoms with Gasteiger partial charge in [-0.15, -0.1) is 0 Å². The minimum atomic E-state index is -1.22. The summed E-state index contributed by atoms with van der Waals surface area (Å²) in [5.74, 6) is -4.65. The molecule has 0 saturated heterocycles. The molecular weight excluding hydrogens is 610 g/mol. The summed E-state index contributed by atoms with van der Waals surface area (Å²) in [6.07, 6.45) is 8.48. The summed E-state index contributed by atoms with van der Waals surface area (Å²) < 4.78 is 4.66. The molecule has 0 aromatic carbocycles. The molecule has 19 nitrogen and oxygen atoms in total. The standard InChI is InChI=1S/C9H19N3O4.3C6H14N2O2/c10-4-2-1-3-6(11)9(15)16-5-7(12)8(13)14;3*7-4-2-1-3-5(8)6(9)10/h6-7H,1-5,10-12H2,(H,13,14);3*5H,1-4,7-8H2,(H,9,10)/t6-,7-;3*5-/m0000/s1. The number of carbonyl (C=O) groups is 5. The zero-order valence-electron chi connectivity index (χ0n) is 26.8. The number of carboxylic acid groups (broad SMARTS) is 4. The van der Waals surface area contributed by atoms with Gasteiger partial charge in [-0.3, -0.25) is 24.0 Å². The Labute approximate surface area is 270 Å². The molecule has 0 aliphatic heterocycles. The minimum absolute atomic E-state index is 0.362. The van der Waals surface area contributed by atoms with Gasteiger partial charge in [0.05, 0.1) is 0 Å². The van der Waals surface area contributed by atoms with Gasteiger partial charge in [0.15, 0.2) is 0 Å². The molecular formula is C27H61N9O10. The van der Waals surface area contributed by atoms with Crippen molar-refractivity contribution in [3.8, 4) is 0 Å². The maximum Gasteiger partial charge on any atom is 0.324 e. The summed E-state index contributed by atoms with van der Waals surface area (Å²) in [7, 11) is 0. The molecule has 0 fully saturated rings. The molecule has 19 heteroatoms. The number of aliphatic carboxylic acids is 4. The summed E-state index contributed by atoms with van der Waals surface area (Å²) in [5.41, 5.74) is 47.2. The molecule has 0 radical (unpaired) electrons. The number of carbonyl (C=O) groups excluding carboxylic acids is 1. The fourth-order valence-corrected chi connectivity index (χ4v) is 2.87. The van der Waals surface area contributed by atoms with E-state index in [0.717, 1.165) is 51.4 Å². The third-order valence-corrected chi connectivity index (χ3v) is 5.85. The van der Waals surface area contributed by atoms with Crippen LogP contribution in [0.1, 0.15) is 77.0 Å². The highest BCUT2D eigenvalue weighted by Crippen LogP contribution is 2.01. The van der Waals surface area contributed by atoms with E-state index in [2.05, 4.69) is 4.74 Å². The third-order valence-electron chi connectivity index (χ3n) is 5.85. The van der Waals surface area contributed by atoms with Crippen LogP contribution in [-0.4, -0.2) is 113 Å². The minimum Gasteiger partial charge on any atom is -0.480 e. The van der Waals surface area contributed by atoms with Crippen LogP contribution in [-0.2, 0) is 28.7 Å². The highest BCUT2D eigenvalue weighted by Gasteiger charge is 2.18. The maximum absolute atomic E-state index is 11.2. The van der Waals surface area contributed by atoms with Crippen molar-refractivity contribution < 1.29 is 49.1 Å². The van der Waals surface area contributed by atoms with E-state index in [0.29, 0.717) is 51.9 Å². The molecule has 0 unspecified atom stereocenters. The molecule has 0 aliphatic carbocycles. The smallest absolute Gasteiger partial charge is 0.324 e. The predicted molar refractivity (Wildman–Crippen MR) is 173 cm³/mol. The SMILES string of the molecule is NCCCC[C@H](N)C(=O)O.NCCCC[C@H](N)C(=O)O.NCCCC[C@H](N)C(=O)O.NCCCC[C@H](N)C(=O)OC[C@H](N)C(=O)O. The van der Waals surface area contributed by atoms with Gasteiger partial charge in [0.25, 0.3) is 0 Å². The van der Waals surface area contributed by atoms with E-state index in [-0.39, 0.29) is 6.61 Å². The van der Waals surface area contributed by atoms with Crippen molar-refractivity contribution in [2.45, 2.75) is 107 Å². The van der Waals surface area contributed by atoms with Crippen LogP contribution >= 0.6 is 0 Å². The van der Waals surface area contributed by atoms with Crippen molar-refractivity contribution in [3.63, 3.8) is 0 Å². The van der Waals surface area contributed by atoms with Gasteiger partial charge in [0.1, 0.15) is 36.8 Å². The zero-order valence-corrected chi connectivity index (χ0v) is 26.8. The molecule has 0 heterocycles. The topological polar surface area (TPSA) is 410 Å². The van der Waals surface area contributed by atoms with Gasteiger partial charge < -0.3 is 76.8 Å². The molecule has 0 bridgehead atoms. The van der Waals surface area contributed by atoms with Crippen LogP contribution in [0.15, 0.2) is 0 Å². The Morgan fingerprint density at radius 2 is 0.652 bits per heavy atom. The second-order valence-corrected chi connectivity index (χ2v) is 10.2. The molecule has 0 aromatic heterocycles. The highest BCUT2D eigenvalue weighted by molar-refractivity contribution is 5.77. The summed E-state index contributed by atoms with van der Waals surface area (Å²) >= 11 is 0. The van der Waals surface area contributed by atoms with Crippen LogP contribution in [0, 0.1) is 0 Å². The molecule has 274 valence electrons. The summed E-state index contributed by atoms with van der Waals surface area (Å²) in [6, 6.07) is -4.10. The van der Waals surface area contributed by atoms with E-state index in [1.807, 2.05) is 0 Å². The highest BCUT2D eigenvalue weighted by atomic mass is 16.5. The van der Waals surface area contributed by atoms with Gasteiger partial charge >= 0.3 is 29.8 Å². The summed E-state index contributed by atoms with van der Waals surface area (Å²) in [6.45, 7) is 2.00. The Bertz CT molecular complexity index is 735. The lowest BCUT2D eigenvalue weighted by Crippen LogP contribution is -2.39. The lowest BCUT2D eigenvalue weighted by molar-refractivity contribution is -0.149.